The minimum atomic E-state index is -0.179. The van der Waals surface area contributed by atoms with Gasteiger partial charge >= 0.3 is 6.03 Å². The number of benzene rings is 1. The highest BCUT2D eigenvalue weighted by Gasteiger charge is 2.24. The Balaban J connectivity index is 1.97. The van der Waals surface area contributed by atoms with Crippen molar-refractivity contribution in [2.45, 2.75) is 40.2 Å². The predicted molar refractivity (Wildman–Crippen MR) is 88.0 cm³/mol. The summed E-state index contributed by atoms with van der Waals surface area (Å²) >= 11 is 0. The first-order valence-electron chi connectivity index (χ1n) is 7.66. The van der Waals surface area contributed by atoms with Crippen molar-refractivity contribution < 1.29 is 4.79 Å². The number of hydrogen-bond donors (Lipinski definition) is 1. The second kappa shape index (κ2) is 5.96. The molecule has 4 nitrogen and oxygen atoms in total. The first-order valence-corrected chi connectivity index (χ1v) is 7.66. The van der Waals surface area contributed by atoms with Crippen LogP contribution < -0.4 is 10.2 Å². The molecule has 1 aromatic rings. The van der Waals surface area contributed by atoms with Crippen LogP contribution in [0.3, 0.4) is 0 Å². The molecule has 0 bridgehead atoms. The van der Waals surface area contributed by atoms with Gasteiger partial charge < -0.3 is 15.1 Å². The molecule has 1 aliphatic rings. The van der Waals surface area contributed by atoms with Crippen LogP contribution in [0.2, 0.25) is 0 Å². The number of piperazine rings is 1. The molecule has 2 rings (SSSR count). The van der Waals surface area contributed by atoms with E-state index in [2.05, 4.69) is 42.3 Å². The van der Waals surface area contributed by atoms with Crippen molar-refractivity contribution in [2.24, 2.45) is 0 Å². The average molecular weight is 289 g/mol. The van der Waals surface area contributed by atoms with Gasteiger partial charge in [-0.3, -0.25) is 0 Å². The number of urea groups is 1. The van der Waals surface area contributed by atoms with E-state index >= 15 is 0 Å². The normalized spacial score (nSPS) is 16.0. The van der Waals surface area contributed by atoms with Crippen molar-refractivity contribution in [3.8, 4) is 0 Å². The zero-order chi connectivity index (χ0) is 15.6. The molecule has 21 heavy (non-hydrogen) atoms. The number of anilines is 1. The number of carbonyl (C=O) groups excluding carboxylic acids is 1. The molecule has 1 fully saturated rings. The summed E-state index contributed by atoms with van der Waals surface area (Å²) in [7, 11) is 0. The lowest BCUT2D eigenvalue weighted by atomic mass is 10.1. The Hall–Kier alpha value is -1.71. The van der Waals surface area contributed by atoms with Crippen LogP contribution in [0.4, 0.5) is 10.5 Å². The lowest BCUT2D eigenvalue weighted by molar-refractivity contribution is 0.185. The summed E-state index contributed by atoms with van der Waals surface area (Å²) in [6.07, 6.45) is 0. The van der Waals surface area contributed by atoms with Gasteiger partial charge in [0.25, 0.3) is 0 Å². The van der Waals surface area contributed by atoms with E-state index in [0.717, 1.165) is 26.2 Å². The molecule has 4 heteroatoms. The molecule has 116 valence electrons. The van der Waals surface area contributed by atoms with Gasteiger partial charge in [-0.15, -0.1) is 0 Å². The van der Waals surface area contributed by atoms with E-state index in [-0.39, 0.29) is 11.6 Å². The maximum atomic E-state index is 12.2. The van der Waals surface area contributed by atoms with Crippen molar-refractivity contribution in [1.29, 1.82) is 0 Å². The van der Waals surface area contributed by atoms with Gasteiger partial charge in [0, 0.05) is 37.4 Å². The molecular weight excluding hydrogens is 262 g/mol. The van der Waals surface area contributed by atoms with Gasteiger partial charge in [-0.2, -0.15) is 0 Å². The monoisotopic (exact) mass is 289 g/mol. The van der Waals surface area contributed by atoms with Gasteiger partial charge in [0.15, 0.2) is 0 Å². The molecule has 0 radical (unpaired) electrons. The summed E-state index contributed by atoms with van der Waals surface area (Å²) in [5.41, 5.74) is 3.78. The van der Waals surface area contributed by atoms with Crippen molar-refractivity contribution in [3.05, 3.63) is 29.3 Å². The molecule has 1 aromatic carbocycles. The van der Waals surface area contributed by atoms with Gasteiger partial charge in [-0.1, -0.05) is 12.1 Å². The number of nitrogens with one attached hydrogen (secondary N) is 1. The van der Waals surface area contributed by atoms with E-state index in [4.69, 9.17) is 0 Å². The van der Waals surface area contributed by atoms with Crippen LogP contribution in [0.1, 0.15) is 31.9 Å². The van der Waals surface area contributed by atoms with E-state index in [9.17, 15) is 4.79 Å². The second-order valence-corrected chi connectivity index (χ2v) is 6.87. The summed E-state index contributed by atoms with van der Waals surface area (Å²) in [4.78, 5) is 16.5. The fourth-order valence-electron chi connectivity index (χ4n) is 2.63. The first kappa shape index (κ1) is 15.7. The maximum absolute atomic E-state index is 12.2. The van der Waals surface area contributed by atoms with E-state index in [1.807, 2.05) is 25.7 Å². The minimum Gasteiger partial charge on any atom is -0.368 e. The Labute approximate surface area is 128 Å². The lowest BCUT2D eigenvalue weighted by Gasteiger charge is -2.38. The molecule has 0 aliphatic carbocycles. The molecule has 1 N–H and O–H groups in total. The smallest absolute Gasteiger partial charge is 0.317 e. The summed E-state index contributed by atoms with van der Waals surface area (Å²) in [5.74, 6) is 0. The lowest BCUT2D eigenvalue weighted by Crippen LogP contribution is -2.55. The summed E-state index contributed by atoms with van der Waals surface area (Å²) in [6.45, 7) is 13.7. The van der Waals surface area contributed by atoms with E-state index in [1.165, 1.54) is 16.8 Å². The quantitative estimate of drug-likeness (QED) is 0.863. The van der Waals surface area contributed by atoms with Gasteiger partial charge in [-0.25, -0.2) is 4.79 Å². The molecule has 1 aliphatic heterocycles. The molecule has 0 aromatic heterocycles. The Bertz CT molecular complexity index is 511. The molecule has 0 unspecified atom stereocenters. The third-order valence-corrected chi connectivity index (χ3v) is 3.97. The molecule has 1 saturated heterocycles. The third kappa shape index (κ3) is 3.90. The Morgan fingerprint density at radius 1 is 1.10 bits per heavy atom. The van der Waals surface area contributed by atoms with E-state index in [0.29, 0.717) is 0 Å². The van der Waals surface area contributed by atoms with Gasteiger partial charge in [0.05, 0.1) is 0 Å². The number of hydrogen-bond acceptors (Lipinski definition) is 2. The maximum Gasteiger partial charge on any atom is 0.317 e. The number of amides is 2. The Kier molecular flexibility index (Phi) is 4.45. The van der Waals surface area contributed by atoms with E-state index in [1.54, 1.807) is 0 Å². The zero-order valence-electron chi connectivity index (χ0n) is 13.9. The Morgan fingerprint density at radius 2 is 1.71 bits per heavy atom. The summed E-state index contributed by atoms with van der Waals surface area (Å²) in [5, 5.41) is 3.03. The number of nitrogens with zero attached hydrogens (tertiary/aromatic N) is 2. The molecule has 0 atom stereocenters. The van der Waals surface area contributed by atoms with E-state index < -0.39 is 0 Å². The average Bonchev–Trinajstić information content (AvgIpc) is 2.40. The van der Waals surface area contributed by atoms with Gasteiger partial charge in [0.2, 0.25) is 0 Å². The molecule has 0 spiro atoms. The summed E-state index contributed by atoms with van der Waals surface area (Å²) < 4.78 is 0. The van der Waals surface area contributed by atoms with Gasteiger partial charge in [0.1, 0.15) is 0 Å². The first-order chi connectivity index (χ1) is 9.78. The van der Waals surface area contributed by atoms with Crippen LogP contribution in [0.5, 0.6) is 0 Å². The highest BCUT2D eigenvalue weighted by molar-refractivity contribution is 5.75. The van der Waals surface area contributed by atoms with Crippen LogP contribution >= 0.6 is 0 Å². The molecular formula is C17H27N3O. The highest BCUT2D eigenvalue weighted by atomic mass is 16.2. The van der Waals surface area contributed by atoms with Crippen molar-refractivity contribution in [3.63, 3.8) is 0 Å². The SMILES string of the molecule is Cc1cccc(N2CCN(C(=O)NC(C)(C)C)CC2)c1C. The fourth-order valence-corrected chi connectivity index (χ4v) is 2.63. The summed E-state index contributed by atoms with van der Waals surface area (Å²) in [6, 6.07) is 6.47. The molecule has 0 saturated carbocycles. The predicted octanol–water partition coefficient (Wildman–Crippen LogP) is 2.93. The topological polar surface area (TPSA) is 35.6 Å². The van der Waals surface area contributed by atoms with Crippen LogP contribution in [-0.2, 0) is 0 Å². The van der Waals surface area contributed by atoms with Crippen LogP contribution in [0, 0.1) is 13.8 Å². The van der Waals surface area contributed by atoms with Crippen molar-refractivity contribution in [2.75, 3.05) is 31.1 Å². The van der Waals surface area contributed by atoms with Crippen LogP contribution in [-0.4, -0.2) is 42.6 Å². The molecule has 2 amide bonds. The van der Waals surface area contributed by atoms with Crippen molar-refractivity contribution in [1.82, 2.24) is 10.2 Å². The third-order valence-electron chi connectivity index (χ3n) is 3.97. The minimum absolute atomic E-state index is 0.0446. The molecule has 1 heterocycles. The second-order valence-electron chi connectivity index (χ2n) is 6.87. The van der Waals surface area contributed by atoms with Crippen molar-refractivity contribution >= 4 is 11.7 Å². The Morgan fingerprint density at radius 3 is 2.29 bits per heavy atom. The fraction of sp³-hybridized carbons (Fsp3) is 0.588. The number of rotatable bonds is 1. The highest BCUT2D eigenvalue weighted by Crippen LogP contribution is 2.23. The zero-order valence-corrected chi connectivity index (χ0v) is 13.9. The largest absolute Gasteiger partial charge is 0.368 e. The number of carbonyl (C=O) groups is 1. The number of aryl methyl sites for hydroxylation is 1. The van der Waals surface area contributed by atoms with Gasteiger partial charge in [-0.05, 0) is 51.8 Å². The van der Waals surface area contributed by atoms with Crippen LogP contribution in [0.25, 0.3) is 0 Å². The standard InChI is InChI=1S/C17H27N3O/c1-13-7-6-8-15(14(13)2)19-9-11-20(12-10-19)16(21)18-17(3,4)5/h6-8H,9-12H2,1-5H3,(H,18,21). The van der Waals surface area contributed by atoms with Crippen LogP contribution in [0.15, 0.2) is 18.2 Å².